The van der Waals surface area contributed by atoms with Gasteiger partial charge in [0.2, 0.25) is 5.69 Å². The minimum atomic E-state index is -1.52. The molecule has 3 heteroatoms. The van der Waals surface area contributed by atoms with E-state index in [4.69, 9.17) is 1.37 Å². The van der Waals surface area contributed by atoms with E-state index in [2.05, 4.69) is 25.8 Å². The summed E-state index contributed by atoms with van der Waals surface area (Å²) in [7, 11) is 0.463. The van der Waals surface area contributed by atoms with Gasteiger partial charge in [-0.1, -0.05) is 25.7 Å². The van der Waals surface area contributed by atoms with Gasteiger partial charge in [-0.25, -0.2) is 8.96 Å². The smallest absolute Gasteiger partial charge is 0.207 e. The van der Waals surface area contributed by atoms with Crippen molar-refractivity contribution in [1.82, 2.24) is 0 Å². The molecular weight excluding hydrogens is 253 g/mol. The standard InChI is InChI=1S/C16H21FNSi/c1-12-10-13(17)6-8-15(12)16-9-7-14(11-18(16)2)19(3,4)5/h6-11H,1-5H3/q+1/i7D. The van der Waals surface area contributed by atoms with Crippen LogP contribution in [0.3, 0.4) is 0 Å². The molecule has 1 aromatic carbocycles. The lowest BCUT2D eigenvalue weighted by Gasteiger charge is -2.15. The molecule has 0 aliphatic carbocycles. The molecule has 0 amide bonds. The molecule has 0 bridgehead atoms. The van der Waals surface area contributed by atoms with Crippen LogP contribution in [0.4, 0.5) is 4.39 Å². The average Bonchev–Trinajstić information content (AvgIpc) is 2.31. The van der Waals surface area contributed by atoms with Crippen LogP contribution in [0.15, 0.2) is 36.5 Å². The second-order valence-corrected chi connectivity index (χ2v) is 11.1. The maximum absolute atomic E-state index is 13.2. The summed E-state index contributed by atoms with van der Waals surface area (Å²) in [6.07, 6.45) is 2.06. The van der Waals surface area contributed by atoms with Gasteiger partial charge in [-0.3, -0.25) is 0 Å². The third-order valence-corrected chi connectivity index (χ3v) is 5.23. The van der Waals surface area contributed by atoms with E-state index in [1.807, 2.05) is 24.6 Å². The SMILES string of the molecule is [2H]c1cc(-c2ccc(F)cc2C)[n+](C)cc1[Si](C)(C)C. The highest BCUT2D eigenvalue weighted by Crippen LogP contribution is 2.20. The Balaban J connectivity index is 2.62. The first-order valence-corrected chi connectivity index (χ1v) is 9.97. The summed E-state index contributed by atoms with van der Waals surface area (Å²) >= 11 is 0. The topological polar surface area (TPSA) is 3.88 Å². The van der Waals surface area contributed by atoms with Crippen molar-refractivity contribution in [2.45, 2.75) is 26.6 Å². The third kappa shape index (κ3) is 2.92. The molecule has 0 fully saturated rings. The summed E-state index contributed by atoms with van der Waals surface area (Å²) in [5, 5.41) is 1.14. The fourth-order valence-corrected chi connectivity index (χ4v) is 3.23. The second-order valence-electron chi connectivity index (χ2n) is 6.04. The van der Waals surface area contributed by atoms with Crippen molar-refractivity contribution in [2.75, 3.05) is 0 Å². The molecule has 0 aliphatic heterocycles. The number of hydrogen-bond acceptors (Lipinski definition) is 0. The molecule has 1 heterocycles. The van der Waals surface area contributed by atoms with Crippen LogP contribution in [-0.4, -0.2) is 8.07 Å². The number of nitrogens with zero attached hydrogens (tertiary/aromatic N) is 1. The summed E-state index contributed by atoms with van der Waals surface area (Å²) in [6.45, 7) is 8.62. The van der Waals surface area contributed by atoms with Crippen LogP contribution < -0.4 is 9.75 Å². The minimum Gasteiger partial charge on any atom is -0.207 e. The Morgan fingerprint density at radius 1 is 1.21 bits per heavy atom. The Hall–Kier alpha value is -1.48. The van der Waals surface area contributed by atoms with Crippen LogP contribution in [0.5, 0.6) is 0 Å². The zero-order chi connectivity index (χ0) is 15.1. The Bertz CT molecular complexity index is 662. The Kier molecular flexibility index (Phi) is 3.23. The first-order valence-electron chi connectivity index (χ1n) is 6.97. The molecule has 2 rings (SSSR count). The number of aryl methyl sites for hydroxylation is 2. The zero-order valence-electron chi connectivity index (χ0n) is 13.2. The molecule has 0 spiro atoms. The molecule has 1 aromatic heterocycles. The van der Waals surface area contributed by atoms with Gasteiger partial charge in [0.1, 0.15) is 12.9 Å². The summed E-state index contributed by atoms with van der Waals surface area (Å²) in [5.41, 5.74) is 2.82. The number of aromatic nitrogens is 1. The van der Waals surface area contributed by atoms with E-state index in [0.29, 0.717) is 6.04 Å². The van der Waals surface area contributed by atoms with Crippen molar-refractivity contribution in [3.63, 3.8) is 0 Å². The van der Waals surface area contributed by atoms with Gasteiger partial charge >= 0.3 is 0 Å². The molecule has 0 unspecified atom stereocenters. The van der Waals surface area contributed by atoms with E-state index < -0.39 is 8.07 Å². The monoisotopic (exact) mass is 275 g/mol. The van der Waals surface area contributed by atoms with Crippen molar-refractivity contribution in [1.29, 1.82) is 0 Å². The second kappa shape index (κ2) is 4.89. The predicted octanol–water partition coefficient (Wildman–Crippen LogP) is 3.17. The lowest BCUT2D eigenvalue weighted by molar-refractivity contribution is -0.659. The van der Waals surface area contributed by atoms with Gasteiger partial charge in [-0.15, -0.1) is 0 Å². The Labute approximate surface area is 117 Å². The van der Waals surface area contributed by atoms with Crippen LogP contribution in [0.1, 0.15) is 6.93 Å². The first kappa shape index (κ1) is 12.5. The zero-order valence-corrected chi connectivity index (χ0v) is 13.2. The number of benzene rings is 1. The van der Waals surface area contributed by atoms with Crippen molar-refractivity contribution < 1.29 is 10.3 Å². The molecule has 0 N–H and O–H groups in total. The summed E-state index contributed by atoms with van der Waals surface area (Å²) < 4.78 is 23.5. The van der Waals surface area contributed by atoms with Gasteiger partial charge in [0.15, 0.2) is 6.20 Å². The minimum absolute atomic E-state index is 0.223. The first-order chi connectivity index (χ1) is 9.20. The number of halogens is 1. The fraction of sp³-hybridized carbons (Fsp3) is 0.312. The van der Waals surface area contributed by atoms with Crippen LogP contribution >= 0.6 is 0 Å². The van der Waals surface area contributed by atoms with E-state index in [0.717, 1.165) is 22.0 Å². The van der Waals surface area contributed by atoms with Crippen LogP contribution in [-0.2, 0) is 7.05 Å². The molecule has 100 valence electrons. The summed E-state index contributed by atoms with van der Waals surface area (Å²) in [5.74, 6) is -0.223. The highest BCUT2D eigenvalue weighted by Gasteiger charge is 2.21. The third-order valence-electron chi connectivity index (χ3n) is 3.34. The predicted molar refractivity (Wildman–Crippen MR) is 80.7 cm³/mol. The lowest BCUT2D eigenvalue weighted by atomic mass is 10.0. The molecule has 0 radical (unpaired) electrons. The van der Waals surface area contributed by atoms with Crippen LogP contribution in [0.25, 0.3) is 11.3 Å². The van der Waals surface area contributed by atoms with E-state index in [-0.39, 0.29) is 5.82 Å². The lowest BCUT2D eigenvalue weighted by Crippen LogP contribution is -2.44. The van der Waals surface area contributed by atoms with E-state index >= 15 is 0 Å². The van der Waals surface area contributed by atoms with Gasteiger partial charge < -0.3 is 0 Å². The van der Waals surface area contributed by atoms with Gasteiger partial charge in [-0.05, 0) is 30.7 Å². The molecule has 0 saturated carbocycles. The van der Waals surface area contributed by atoms with Gasteiger partial charge in [0.25, 0.3) is 0 Å². The number of hydrogen-bond donors (Lipinski definition) is 0. The van der Waals surface area contributed by atoms with Crippen molar-refractivity contribution in [3.8, 4) is 11.3 Å². The molecular formula is C16H21FNSi+. The Morgan fingerprint density at radius 2 is 1.89 bits per heavy atom. The molecule has 1 nitrogen and oxygen atoms in total. The van der Waals surface area contributed by atoms with Gasteiger partial charge in [-0.2, -0.15) is 0 Å². The average molecular weight is 275 g/mol. The van der Waals surface area contributed by atoms with E-state index in [1.54, 1.807) is 6.07 Å². The molecule has 0 saturated heterocycles. The maximum atomic E-state index is 13.2. The van der Waals surface area contributed by atoms with E-state index in [1.165, 1.54) is 12.1 Å². The highest BCUT2D eigenvalue weighted by atomic mass is 28.3. The van der Waals surface area contributed by atoms with E-state index in [9.17, 15) is 4.39 Å². The summed E-state index contributed by atoms with van der Waals surface area (Å²) in [4.78, 5) is 0. The fourth-order valence-electron chi connectivity index (χ4n) is 2.14. The molecule has 2 aromatic rings. The number of pyridine rings is 1. The normalized spacial score (nSPS) is 12.4. The molecule has 0 atom stereocenters. The largest absolute Gasteiger partial charge is 0.212 e. The Morgan fingerprint density at radius 3 is 2.47 bits per heavy atom. The highest BCUT2D eigenvalue weighted by molar-refractivity contribution is 6.88. The van der Waals surface area contributed by atoms with Crippen LogP contribution in [0.2, 0.25) is 19.6 Å². The van der Waals surface area contributed by atoms with Crippen molar-refractivity contribution in [2.24, 2.45) is 7.05 Å². The van der Waals surface area contributed by atoms with Crippen molar-refractivity contribution in [3.05, 3.63) is 47.9 Å². The maximum Gasteiger partial charge on any atom is 0.212 e. The quantitative estimate of drug-likeness (QED) is 0.585. The number of rotatable bonds is 2. The van der Waals surface area contributed by atoms with Crippen LogP contribution in [0, 0.1) is 12.7 Å². The summed E-state index contributed by atoms with van der Waals surface area (Å²) in [6, 6.07) is 7.27. The molecule has 0 aliphatic rings. The van der Waals surface area contributed by atoms with Gasteiger partial charge in [0, 0.05) is 16.8 Å². The van der Waals surface area contributed by atoms with Gasteiger partial charge in [0.05, 0.1) is 9.44 Å². The molecule has 19 heavy (non-hydrogen) atoms. The van der Waals surface area contributed by atoms with Crippen molar-refractivity contribution >= 4 is 13.3 Å².